The van der Waals surface area contributed by atoms with Crippen LogP contribution in [0.5, 0.6) is 0 Å². The lowest BCUT2D eigenvalue weighted by atomic mass is 9.90. The summed E-state index contributed by atoms with van der Waals surface area (Å²) in [4.78, 5) is 12.4. The van der Waals surface area contributed by atoms with Crippen molar-refractivity contribution >= 4 is 29.0 Å². The van der Waals surface area contributed by atoms with Gasteiger partial charge in [0.15, 0.2) is 5.78 Å². The number of Topliss-reactive ketones (excluding diaryl/α,β-unsaturated/α-hetero) is 1. The van der Waals surface area contributed by atoms with Gasteiger partial charge in [-0.15, -0.1) is 0 Å². The van der Waals surface area contributed by atoms with Crippen molar-refractivity contribution in [3.8, 4) is 0 Å². The van der Waals surface area contributed by atoms with Gasteiger partial charge in [-0.2, -0.15) is 0 Å². The van der Waals surface area contributed by atoms with E-state index in [1.54, 1.807) is 18.2 Å². The second kappa shape index (κ2) is 7.48. The quantitative estimate of drug-likeness (QED) is 0.798. The average molecular weight is 348 g/mol. The molecule has 1 heterocycles. The Morgan fingerprint density at radius 3 is 2.57 bits per heavy atom. The molecule has 0 spiro atoms. The van der Waals surface area contributed by atoms with Gasteiger partial charge in [0.1, 0.15) is 0 Å². The maximum absolute atomic E-state index is 12.4. The van der Waals surface area contributed by atoms with E-state index >= 15 is 0 Å². The third kappa shape index (κ3) is 4.14. The smallest absolute Gasteiger partial charge is 0.168 e. The fourth-order valence-corrected chi connectivity index (χ4v) is 3.55. The number of rotatable bonds is 4. The van der Waals surface area contributed by atoms with Gasteiger partial charge in [-0.25, -0.2) is 0 Å². The molecule has 0 saturated carbocycles. The van der Waals surface area contributed by atoms with Crippen molar-refractivity contribution in [3.63, 3.8) is 0 Å². The van der Waals surface area contributed by atoms with Gasteiger partial charge in [-0.3, -0.25) is 4.79 Å². The molecule has 1 aliphatic heterocycles. The Labute approximate surface area is 146 Å². The lowest BCUT2D eigenvalue weighted by Crippen LogP contribution is -2.28. The standard InChI is InChI=1S/C19H19Cl2NO/c20-16-7-8-17(18(21)11-16)19(23)10-13-3-5-14(6-4-13)15-2-1-9-22-12-15/h3-8,11,15,22H,1-2,9-10,12H2. The van der Waals surface area contributed by atoms with Gasteiger partial charge in [0, 0.05) is 23.6 Å². The van der Waals surface area contributed by atoms with Crippen molar-refractivity contribution in [3.05, 3.63) is 69.2 Å². The zero-order valence-corrected chi connectivity index (χ0v) is 14.3. The van der Waals surface area contributed by atoms with Gasteiger partial charge in [0.05, 0.1) is 5.02 Å². The average Bonchev–Trinajstić information content (AvgIpc) is 2.56. The predicted octanol–water partition coefficient (Wildman–Crippen LogP) is 4.89. The Morgan fingerprint density at radius 2 is 1.91 bits per heavy atom. The van der Waals surface area contributed by atoms with Crippen LogP contribution >= 0.6 is 23.2 Å². The van der Waals surface area contributed by atoms with Crippen LogP contribution in [0.15, 0.2) is 42.5 Å². The lowest BCUT2D eigenvalue weighted by Gasteiger charge is -2.23. The second-order valence-corrected chi connectivity index (χ2v) is 6.85. The number of carbonyl (C=O) groups is 1. The monoisotopic (exact) mass is 347 g/mol. The first kappa shape index (κ1) is 16.5. The van der Waals surface area contributed by atoms with Crippen LogP contribution in [0.3, 0.4) is 0 Å². The molecule has 1 aliphatic rings. The predicted molar refractivity (Wildman–Crippen MR) is 95.8 cm³/mol. The van der Waals surface area contributed by atoms with Crippen LogP contribution in [0.25, 0.3) is 0 Å². The highest BCUT2D eigenvalue weighted by atomic mass is 35.5. The van der Waals surface area contributed by atoms with Gasteiger partial charge in [0.25, 0.3) is 0 Å². The van der Waals surface area contributed by atoms with Gasteiger partial charge in [-0.05, 0) is 54.6 Å². The van der Waals surface area contributed by atoms with Crippen LogP contribution in [-0.2, 0) is 6.42 Å². The van der Waals surface area contributed by atoms with E-state index in [0.29, 0.717) is 27.9 Å². The van der Waals surface area contributed by atoms with E-state index in [1.807, 2.05) is 12.1 Å². The molecular formula is C19H19Cl2NO. The lowest BCUT2D eigenvalue weighted by molar-refractivity contribution is 0.0993. The molecule has 0 aromatic heterocycles. The summed E-state index contributed by atoms with van der Waals surface area (Å²) >= 11 is 12.0. The number of hydrogen-bond acceptors (Lipinski definition) is 2. The van der Waals surface area contributed by atoms with Crippen molar-refractivity contribution in [2.45, 2.75) is 25.2 Å². The number of hydrogen-bond donors (Lipinski definition) is 1. The Kier molecular flexibility index (Phi) is 5.37. The molecule has 2 aromatic carbocycles. The van der Waals surface area contributed by atoms with E-state index in [-0.39, 0.29) is 5.78 Å². The van der Waals surface area contributed by atoms with Crippen LogP contribution in [-0.4, -0.2) is 18.9 Å². The van der Waals surface area contributed by atoms with Crippen molar-refractivity contribution < 1.29 is 4.79 Å². The summed E-state index contributed by atoms with van der Waals surface area (Å²) in [6.07, 6.45) is 2.80. The van der Waals surface area contributed by atoms with Crippen LogP contribution in [0.4, 0.5) is 0 Å². The molecule has 3 rings (SSSR count). The first-order chi connectivity index (χ1) is 11.1. The highest BCUT2D eigenvalue weighted by molar-refractivity contribution is 6.36. The summed E-state index contributed by atoms with van der Waals surface area (Å²) in [5.41, 5.74) is 2.88. The summed E-state index contributed by atoms with van der Waals surface area (Å²) in [6.45, 7) is 2.16. The Bertz CT molecular complexity index is 691. The Hall–Kier alpha value is -1.35. The van der Waals surface area contributed by atoms with E-state index in [1.165, 1.54) is 18.4 Å². The zero-order valence-electron chi connectivity index (χ0n) is 12.8. The molecule has 1 fully saturated rings. The molecule has 2 nitrogen and oxygen atoms in total. The summed E-state index contributed by atoms with van der Waals surface area (Å²) in [6, 6.07) is 13.4. The number of piperidine rings is 1. The van der Waals surface area contributed by atoms with Gasteiger partial charge in [-0.1, -0.05) is 47.5 Å². The fraction of sp³-hybridized carbons (Fsp3) is 0.316. The van der Waals surface area contributed by atoms with Gasteiger partial charge >= 0.3 is 0 Å². The molecule has 1 atom stereocenters. The first-order valence-electron chi connectivity index (χ1n) is 7.91. The summed E-state index contributed by atoms with van der Waals surface area (Å²) in [7, 11) is 0. The molecule has 0 aliphatic carbocycles. The summed E-state index contributed by atoms with van der Waals surface area (Å²) in [5.74, 6) is 0.595. The minimum absolute atomic E-state index is 0.0127. The molecule has 0 bridgehead atoms. The van der Waals surface area contributed by atoms with Crippen LogP contribution < -0.4 is 5.32 Å². The topological polar surface area (TPSA) is 29.1 Å². The molecule has 0 amide bonds. The maximum Gasteiger partial charge on any atom is 0.168 e. The minimum atomic E-state index is 0.0127. The molecule has 2 aromatic rings. The normalized spacial score (nSPS) is 17.9. The highest BCUT2D eigenvalue weighted by Gasteiger charge is 2.16. The van der Waals surface area contributed by atoms with E-state index in [4.69, 9.17) is 23.2 Å². The largest absolute Gasteiger partial charge is 0.316 e. The number of ketones is 1. The first-order valence-corrected chi connectivity index (χ1v) is 8.67. The SMILES string of the molecule is O=C(Cc1ccc(C2CCCNC2)cc1)c1ccc(Cl)cc1Cl. The molecule has 23 heavy (non-hydrogen) atoms. The molecule has 0 radical (unpaired) electrons. The number of halogens is 2. The molecule has 120 valence electrons. The van der Waals surface area contributed by atoms with Crippen molar-refractivity contribution in [2.75, 3.05) is 13.1 Å². The number of benzene rings is 2. The highest BCUT2D eigenvalue weighted by Crippen LogP contribution is 2.25. The second-order valence-electron chi connectivity index (χ2n) is 6.01. The summed E-state index contributed by atoms with van der Waals surface area (Å²) in [5, 5.41) is 4.38. The van der Waals surface area contributed by atoms with E-state index in [9.17, 15) is 4.79 Å². The third-order valence-electron chi connectivity index (χ3n) is 4.34. The fourth-order valence-electron chi connectivity index (χ4n) is 3.04. The molecule has 1 unspecified atom stereocenters. The third-order valence-corrected chi connectivity index (χ3v) is 4.89. The molecule has 4 heteroatoms. The summed E-state index contributed by atoms with van der Waals surface area (Å²) < 4.78 is 0. The van der Waals surface area contributed by atoms with Crippen molar-refractivity contribution in [1.82, 2.24) is 5.32 Å². The maximum atomic E-state index is 12.4. The van der Waals surface area contributed by atoms with Crippen molar-refractivity contribution in [1.29, 1.82) is 0 Å². The molecule has 1 N–H and O–H groups in total. The van der Waals surface area contributed by atoms with Crippen LogP contribution in [0.1, 0.15) is 40.2 Å². The van der Waals surface area contributed by atoms with Gasteiger partial charge < -0.3 is 5.32 Å². The van der Waals surface area contributed by atoms with Crippen LogP contribution in [0.2, 0.25) is 10.0 Å². The van der Waals surface area contributed by atoms with Crippen molar-refractivity contribution in [2.24, 2.45) is 0 Å². The number of carbonyl (C=O) groups excluding carboxylic acids is 1. The van der Waals surface area contributed by atoms with E-state index in [0.717, 1.165) is 18.7 Å². The molecular weight excluding hydrogens is 329 g/mol. The van der Waals surface area contributed by atoms with Crippen LogP contribution in [0, 0.1) is 0 Å². The van der Waals surface area contributed by atoms with E-state index < -0.39 is 0 Å². The minimum Gasteiger partial charge on any atom is -0.316 e. The Morgan fingerprint density at radius 1 is 1.13 bits per heavy atom. The zero-order chi connectivity index (χ0) is 16.2. The molecule has 1 saturated heterocycles. The number of nitrogens with one attached hydrogen (secondary N) is 1. The van der Waals surface area contributed by atoms with E-state index in [2.05, 4.69) is 17.4 Å². The van der Waals surface area contributed by atoms with Gasteiger partial charge in [0.2, 0.25) is 0 Å². The Balaban J connectivity index is 1.69.